The van der Waals surface area contributed by atoms with E-state index in [-0.39, 0.29) is 31.5 Å². The number of rotatable bonds is 65. The van der Waals surface area contributed by atoms with Crippen molar-refractivity contribution in [3.63, 3.8) is 0 Å². The minimum absolute atomic E-state index is 0.0340. The van der Waals surface area contributed by atoms with E-state index in [0.29, 0.717) is 23.9 Å². The number of ether oxygens (including phenoxy) is 1. The summed E-state index contributed by atoms with van der Waals surface area (Å²) in [6.45, 7) is 6.89. The molecule has 3 atom stereocenters. The average molecular weight is 1220 g/mol. The van der Waals surface area contributed by atoms with E-state index in [0.717, 1.165) is 109 Å². The number of hydrogen-bond donors (Lipinski definition) is 2. The van der Waals surface area contributed by atoms with Gasteiger partial charge in [0, 0.05) is 12.8 Å². The highest BCUT2D eigenvalue weighted by molar-refractivity contribution is 7.47. The number of carbonyl (C=O) groups is 2. The quantitative estimate of drug-likeness (QED) is 0.0205. The highest BCUT2D eigenvalue weighted by atomic mass is 31.2. The van der Waals surface area contributed by atoms with Crippen molar-refractivity contribution in [2.75, 3.05) is 40.9 Å². The fraction of sp³-hybridized carbons (Fsp3) is 0.763. The molecule has 0 saturated carbocycles. The van der Waals surface area contributed by atoms with Crippen LogP contribution >= 0.6 is 7.82 Å². The molecule has 0 aliphatic heterocycles. The SMILES string of the molecule is CC/C=C\C/C=C\C/C=C\C/C=C\C/C=C\CCCCCCCC(=O)OC(/C=C\CCCCCCCCCCCC)C(COP(=O)(O)OCC[N+](C)(C)C)NC(=O)CCCCCCCCCCCCCCCCCCC/C=C\C/C=C\CCCCC. The van der Waals surface area contributed by atoms with Crippen LogP contribution in [0, 0.1) is 0 Å². The zero-order valence-corrected chi connectivity index (χ0v) is 57.9. The van der Waals surface area contributed by atoms with Gasteiger partial charge in [0.25, 0.3) is 0 Å². The zero-order valence-electron chi connectivity index (χ0n) is 57.0. The third kappa shape index (κ3) is 65.4. The molecule has 0 bridgehead atoms. The van der Waals surface area contributed by atoms with E-state index in [1.54, 1.807) is 0 Å². The molecule has 0 rings (SSSR count). The van der Waals surface area contributed by atoms with Crippen molar-refractivity contribution in [1.29, 1.82) is 0 Å². The molecule has 2 N–H and O–H groups in total. The normalized spacial score (nSPS) is 14.1. The summed E-state index contributed by atoms with van der Waals surface area (Å²) >= 11 is 0. The van der Waals surface area contributed by atoms with Crippen LogP contribution in [-0.2, 0) is 27.9 Å². The summed E-state index contributed by atoms with van der Waals surface area (Å²) < 4.78 is 30.8. The third-order valence-corrected chi connectivity index (χ3v) is 16.7. The van der Waals surface area contributed by atoms with E-state index < -0.39 is 20.0 Å². The highest BCUT2D eigenvalue weighted by Crippen LogP contribution is 2.43. The van der Waals surface area contributed by atoms with Gasteiger partial charge in [0.15, 0.2) is 0 Å². The van der Waals surface area contributed by atoms with Crippen LogP contribution in [0.5, 0.6) is 0 Å². The fourth-order valence-electron chi connectivity index (χ4n) is 10.2. The second kappa shape index (κ2) is 64.9. The van der Waals surface area contributed by atoms with E-state index >= 15 is 0 Å². The van der Waals surface area contributed by atoms with Crippen LogP contribution in [0.25, 0.3) is 0 Å². The largest absolute Gasteiger partial charge is 0.472 e. The number of quaternary nitrogens is 1. The van der Waals surface area contributed by atoms with Gasteiger partial charge in [0.05, 0.1) is 33.8 Å². The van der Waals surface area contributed by atoms with Crippen molar-refractivity contribution in [2.45, 2.75) is 335 Å². The predicted molar refractivity (Wildman–Crippen MR) is 374 cm³/mol. The second-order valence-corrected chi connectivity index (χ2v) is 26.8. The predicted octanol–water partition coefficient (Wildman–Crippen LogP) is 23.1. The number of allylic oxidation sites excluding steroid dienone is 15. The zero-order chi connectivity index (χ0) is 62.8. The van der Waals surface area contributed by atoms with Gasteiger partial charge < -0.3 is 19.4 Å². The van der Waals surface area contributed by atoms with Crippen LogP contribution in [-0.4, -0.2) is 74.3 Å². The Morgan fingerprint density at radius 3 is 1.14 bits per heavy atom. The van der Waals surface area contributed by atoms with Gasteiger partial charge in [-0.15, -0.1) is 0 Å². The minimum atomic E-state index is -4.46. The molecule has 3 unspecified atom stereocenters. The van der Waals surface area contributed by atoms with Crippen molar-refractivity contribution < 1.29 is 37.3 Å². The fourth-order valence-corrected chi connectivity index (χ4v) is 11.0. The smallest absolute Gasteiger partial charge is 0.456 e. The summed E-state index contributed by atoms with van der Waals surface area (Å²) in [7, 11) is 1.48. The summed E-state index contributed by atoms with van der Waals surface area (Å²) in [5, 5.41) is 3.07. The first-order chi connectivity index (χ1) is 41.9. The summed E-state index contributed by atoms with van der Waals surface area (Å²) in [4.78, 5) is 37.9. The Morgan fingerprint density at radius 2 is 0.744 bits per heavy atom. The molecule has 0 aromatic heterocycles. The standard InChI is InChI=1S/C76H137N2O7P/c1-7-10-13-16-19-22-25-28-30-32-34-36-37-38-39-40-41-43-44-46-48-50-53-56-59-62-65-68-75(79)77-73(72-84-86(81,82)83-71-70-78(4,5)6)74(67-64-61-58-55-52-27-24-21-18-15-12-9-3)85-76(80)69-66-63-60-57-54-51-49-47-45-42-35-33-31-29-26-23-20-17-14-11-8-2/h11,14,19-20,22-23,28-31,35,42,47,49,64,67,73-74H,7-10,12-13,15-18,21,24-27,32-34,36-41,43-46,48,50-63,65-66,68-72H2,1-6H3,(H-,77,79,81,82)/p+1/b14-11-,22-19-,23-20-,30-28-,31-29-,42-35-,49-47-,67-64-. The Kier molecular flexibility index (Phi) is 62.6. The molecule has 0 aliphatic rings. The van der Waals surface area contributed by atoms with Gasteiger partial charge in [-0.25, -0.2) is 4.57 Å². The topological polar surface area (TPSA) is 111 Å². The molecule has 9 nitrogen and oxygen atoms in total. The number of esters is 1. The summed E-state index contributed by atoms with van der Waals surface area (Å²) in [6, 6.07) is -0.862. The second-order valence-electron chi connectivity index (χ2n) is 25.4. The number of nitrogens with zero attached hydrogens (tertiary/aromatic N) is 1. The van der Waals surface area contributed by atoms with Crippen molar-refractivity contribution in [1.82, 2.24) is 5.32 Å². The Morgan fingerprint density at radius 1 is 0.419 bits per heavy atom. The van der Waals surface area contributed by atoms with E-state index in [1.165, 1.54) is 173 Å². The van der Waals surface area contributed by atoms with Gasteiger partial charge in [-0.05, 0) is 109 Å². The molecule has 0 fully saturated rings. The molecule has 0 aliphatic carbocycles. The van der Waals surface area contributed by atoms with Crippen LogP contribution in [0.15, 0.2) is 97.2 Å². The van der Waals surface area contributed by atoms with Crippen LogP contribution in [0.2, 0.25) is 0 Å². The number of nitrogens with one attached hydrogen (secondary N) is 1. The first-order valence-electron chi connectivity index (χ1n) is 36.1. The van der Waals surface area contributed by atoms with E-state index in [2.05, 4.69) is 111 Å². The van der Waals surface area contributed by atoms with Crippen LogP contribution in [0.1, 0.15) is 323 Å². The lowest BCUT2D eigenvalue weighted by Crippen LogP contribution is -2.47. The number of hydrogen-bond acceptors (Lipinski definition) is 6. The summed E-state index contributed by atoms with van der Waals surface area (Å²) in [5.41, 5.74) is 0. The van der Waals surface area contributed by atoms with E-state index in [1.807, 2.05) is 33.3 Å². The van der Waals surface area contributed by atoms with Gasteiger partial charge >= 0.3 is 13.8 Å². The van der Waals surface area contributed by atoms with Gasteiger partial charge in [0.1, 0.15) is 19.3 Å². The maximum atomic E-state index is 13.6. The lowest BCUT2D eigenvalue weighted by Gasteiger charge is -2.27. The molecule has 0 heterocycles. The Balaban J connectivity index is 5.05. The van der Waals surface area contributed by atoms with Crippen LogP contribution in [0.4, 0.5) is 0 Å². The number of carbonyl (C=O) groups excluding carboxylic acids is 2. The van der Waals surface area contributed by atoms with Crippen molar-refractivity contribution in [3.8, 4) is 0 Å². The molecule has 86 heavy (non-hydrogen) atoms. The first-order valence-corrected chi connectivity index (χ1v) is 37.6. The highest BCUT2D eigenvalue weighted by Gasteiger charge is 2.30. The Hall–Kier alpha value is -3.07. The van der Waals surface area contributed by atoms with Crippen molar-refractivity contribution in [2.24, 2.45) is 0 Å². The Bertz CT molecular complexity index is 1790. The van der Waals surface area contributed by atoms with E-state index in [9.17, 15) is 19.0 Å². The molecular formula is C76H138N2O7P+. The molecule has 1 amide bonds. The van der Waals surface area contributed by atoms with Crippen molar-refractivity contribution >= 4 is 19.7 Å². The molecule has 0 aromatic rings. The van der Waals surface area contributed by atoms with Gasteiger partial charge in [-0.2, -0.15) is 0 Å². The lowest BCUT2D eigenvalue weighted by atomic mass is 10.0. The lowest BCUT2D eigenvalue weighted by molar-refractivity contribution is -0.870. The number of amides is 1. The van der Waals surface area contributed by atoms with Gasteiger partial charge in [-0.1, -0.05) is 298 Å². The van der Waals surface area contributed by atoms with Gasteiger partial charge in [0.2, 0.25) is 5.91 Å². The molecule has 0 radical (unpaired) electrons. The molecule has 0 spiro atoms. The van der Waals surface area contributed by atoms with Crippen LogP contribution < -0.4 is 5.32 Å². The number of phosphoric ester groups is 1. The minimum Gasteiger partial charge on any atom is -0.456 e. The summed E-state index contributed by atoms with van der Waals surface area (Å²) in [6.07, 6.45) is 88.5. The molecule has 498 valence electrons. The number of phosphoric acid groups is 1. The molecular weight excluding hydrogens is 1080 g/mol. The average Bonchev–Trinajstić information content (AvgIpc) is 3.69. The molecule has 0 saturated heterocycles. The maximum absolute atomic E-state index is 13.6. The first kappa shape index (κ1) is 82.9. The molecule has 10 heteroatoms. The molecule has 0 aromatic carbocycles. The van der Waals surface area contributed by atoms with Crippen LogP contribution in [0.3, 0.4) is 0 Å². The number of unbranched alkanes of at least 4 members (excludes halogenated alkanes) is 35. The third-order valence-electron chi connectivity index (χ3n) is 15.8. The monoisotopic (exact) mass is 1220 g/mol. The van der Waals surface area contributed by atoms with E-state index in [4.69, 9.17) is 13.8 Å². The van der Waals surface area contributed by atoms with Gasteiger partial charge in [-0.3, -0.25) is 18.6 Å². The Labute approximate surface area is 532 Å². The maximum Gasteiger partial charge on any atom is 0.472 e. The number of likely N-dealkylation sites (N-methyl/N-ethyl adjacent to an activating group) is 1. The van der Waals surface area contributed by atoms with Crippen molar-refractivity contribution in [3.05, 3.63) is 97.2 Å². The summed E-state index contributed by atoms with van der Waals surface area (Å²) in [5.74, 6) is -0.521.